The fourth-order valence-electron chi connectivity index (χ4n) is 3.95. The van der Waals surface area contributed by atoms with E-state index in [-0.39, 0.29) is 6.54 Å². The minimum atomic E-state index is -0.446. The Bertz CT molecular complexity index is 1460. The van der Waals surface area contributed by atoms with Crippen LogP contribution in [0.15, 0.2) is 53.3 Å². The second kappa shape index (κ2) is 10.8. The van der Waals surface area contributed by atoms with Crippen molar-refractivity contribution in [3.8, 4) is 28.3 Å². The van der Waals surface area contributed by atoms with Crippen molar-refractivity contribution in [2.24, 2.45) is 11.7 Å². The zero-order valence-corrected chi connectivity index (χ0v) is 21.5. The van der Waals surface area contributed by atoms with Crippen LogP contribution in [0.2, 0.25) is 0 Å². The summed E-state index contributed by atoms with van der Waals surface area (Å²) in [6.45, 7) is 9.33. The first kappa shape index (κ1) is 25.9. The molecular weight excluding hydrogens is 470 g/mol. The zero-order valence-electron chi connectivity index (χ0n) is 21.5. The molecule has 0 atom stereocenters. The average Bonchev–Trinajstić information content (AvgIpc) is 3.23. The Hall–Kier alpha value is -4.18. The highest BCUT2D eigenvalue weighted by Gasteiger charge is 2.20. The molecule has 1 amide bonds. The number of nitrogens with two attached hydrogens (primary N) is 1. The van der Waals surface area contributed by atoms with Gasteiger partial charge >= 0.3 is 5.69 Å². The number of hydrogen-bond acceptors (Lipinski definition) is 7. The fraction of sp³-hybridized carbons (Fsp3) is 0.333. The molecule has 0 unspecified atom stereocenters. The molecule has 4 aromatic rings. The number of carbonyl (C=O) groups is 1. The number of aromatic nitrogens is 4. The van der Waals surface area contributed by atoms with Gasteiger partial charge in [-0.25, -0.2) is 4.79 Å². The van der Waals surface area contributed by atoms with Gasteiger partial charge in [-0.3, -0.25) is 9.89 Å². The number of primary amides is 1. The normalized spacial score (nSPS) is 11.7. The van der Waals surface area contributed by atoms with E-state index in [0.717, 1.165) is 22.0 Å². The van der Waals surface area contributed by atoms with Gasteiger partial charge in [-0.1, -0.05) is 32.0 Å². The molecule has 0 aliphatic carbocycles. The number of aromatic amines is 2. The summed E-state index contributed by atoms with van der Waals surface area (Å²) in [6.07, 6.45) is 0. The Balaban J connectivity index is 1.66. The van der Waals surface area contributed by atoms with Crippen LogP contribution in [0.4, 0.5) is 5.82 Å². The Morgan fingerprint density at radius 3 is 2.70 bits per heavy atom. The number of benzene rings is 2. The molecule has 2 aromatic heterocycles. The maximum atomic E-state index is 12.6. The summed E-state index contributed by atoms with van der Waals surface area (Å²) in [5.41, 5.74) is 7.93. The predicted octanol–water partition coefficient (Wildman–Crippen LogP) is 3.28. The fourth-order valence-corrected chi connectivity index (χ4v) is 3.95. The molecular formula is C27H33N7O3. The van der Waals surface area contributed by atoms with Gasteiger partial charge in [0, 0.05) is 28.6 Å². The van der Waals surface area contributed by atoms with E-state index in [2.05, 4.69) is 44.6 Å². The lowest BCUT2D eigenvalue weighted by Crippen LogP contribution is -2.44. The van der Waals surface area contributed by atoms with Gasteiger partial charge in [0.05, 0.1) is 30.1 Å². The van der Waals surface area contributed by atoms with Gasteiger partial charge in [-0.2, -0.15) is 10.1 Å². The summed E-state index contributed by atoms with van der Waals surface area (Å²) in [7, 11) is 0. The third kappa shape index (κ3) is 6.53. The van der Waals surface area contributed by atoms with Gasteiger partial charge in [0.25, 0.3) is 0 Å². The summed E-state index contributed by atoms with van der Waals surface area (Å²) in [4.78, 5) is 30.7. The molecule has 0 spiro atoms. The summed E-state index contributed by atoms with van der Waals surface area (Å²) < 4.78 is 5.99. The van der Waals surface area contributed by atoms with Crippen LogP contribution in [0, 0.1) is 5.92 Å². The van der Waals surface area contributed by atoms with Crippen molar-refractivity contribution in [1.82, 2.24) is 25.5 Å². The number of rotatable bonds is 11. The van der Waals surface area contributed by atoms with Crippen molar-refractivity contribution < 1.29 is 9.53 Å². The van der Waals surface area contributed by atoms with Crippen LogP contribution in [0.25, 0.3) is 33.4 Å². The minimum absolute atomic E-state index is 0.0960. The maximum absolute atomic E-state index is 12.6. The van der Waals surface area contributed by atoms with Crippen LogP contribution in [-0.2, 0) is 4.79 Å². The molecule has 194 valence electrons. The highest BCUT2D eigenvalue weighted by Crippen LogP contribution is 2.32. The number of H-pyrrole nitrogens is 2. The van der Waals surface area contributed by atoms with Gasteiger partial charge in [0.1, 0.15) is 5.75 Å². The number of nitrogens with one attached hydrogen (secondary N) is 4. The number of anilines is 1. The summed E-state index contributed by atoms with van der Waals surface area (Å²) in [5, 5.41) is 14.8. The lowest BCUT2D eigenvalue weighted by molar-refractivity contribution is -0.117. The highest BCUT2D eigenvalue weighted by molar-refractivity contribution is 5.93. The molecule has 10 nitrogen and oxygen atoms in total. The van der Waals surface area contributed by atoms with Gasteiger partial charge in [-0.15, -0.1) is 0 Å². The second-order valence-electron chi connectivity index (χ2n) is 10.1. The second-order valence-corrected chi connectivity index (χ2v) is 10.1. The number of hydrogen-bond donors (Lipinski definition) is 5. The molecule has 37 heavy (non-hydrogen) atoms. The first-order valence-electron chi connectivity index (χ1n) is 12.2. The number of para-hydroxylation sites is 1. The SMILES string of the molecule is CC(C)COc1ccccc1-c1cc(-c2ccc3[nH]nc(NC(C)(C)CNCC(N)=O)c3c2)nc(=O)[nH]1. The van der Waals surface area contributed by atoms with Crippen LogP contribution in [-0.4, -0.2) is 51.3 Å². The van der Waals surface area contributed by atoms with Crippen LogP contribution in [0.1, 0.15) is 27.7 Å². The number of amides is 1. The first-order chi connectivity index (χ1) is 17.6. The quantitative estimate of drug-likeness (QED) is 0.211. The van der Waals surface area contributed by atoms with Gasteiger partial charge in [-0.05, 0) is 50.1 Å². The Kier molecular flexibility index (Phi) is 7.58. The van der Waals surface area contributed by atoms with E-state index in [0.29, 0.717) is 42.0 Å². The molecule has 2 aromatic carbocycles. The largest absolute Gasteiger partial charge is 0.493 e. The zero-order chi connectivity index (χ0) is 26.6. The van der Waals surface area contributed by atoms with E-state index in [9.17, 15) is 9.59 Å². The van der Waals surface area contributed by atoms with Crippen molar-refractivity contribution in [3.63, 3.8) is 0 Å². The molecule has 2 heterocycles. The van der Waals surface area contributed by atoms with Crippen molar-refractivity contribution in [3.05, 3.63) is 59.0 Å². The lowest BCUT2D eigenvalue weighted by atomic mass is 10.0. The third-order valence-electron chi connectivity index (χ3n) is 5.68. The van der Waals surface area contributed by atoms with Crippen molar-refractivity contribution in [2.75, 3.05) is 25.0 Å². The Labute approximate surface area is 215 Å². The van der Waals surface area contributed by atoms with Crippen LogP contribution < -0.4 is 26.8 Å². The Morgan fingerprint density at radius 2 is 1.95 bits per heavy atom. The average molecular weight is 504 g/mol. The highest BCUT2D eigenvalue weighted by atomic mass is 16.5. The molecule has 0 aliphatic heterocycles. The summed E-state index contributed by atoms with van der Waals surface area (Å²) in [5.74, 6) is 1.31. The van der Waals surface area contributed by atoms with E-state index < -0.39 is 17.1 Å². The minimum Gasteiger partial charge on any atom is -0.493 e. The van der Waals surface area contributed by atoms with Crippen LogP contribution in [0.5, 0.6) is 5.75 Å². The Morgan fingerprint density at radius 1 is 1.16 bits per heavy atom. The van der Waals surface area contributed by atoms with E-state index in [1.165, 1.54) is 0 Å². The van der Waals surface area contributed by atoms with E-state index in [4.69, 9.17) is 10.5 Å². The standard InChI is InChI=1S/C27H33N7O3/c1-16(2)14-37-23-8-6-5-7-18(23)22-12-21(30-26(36)31-22)17-9-10-20-19(11-17)25(34-33-20)32-27(3,4)15-29-13-24(28)35/h5-12,16,29H,13-15H2,1-4H3,(H2,28,35)(H,30,31,36)(H2,32,33,34). The van der Waals surface area contributed by atoms with Crippen molar-refractivity contribution in [1.29, 1.82) is 0 Å². The molecule has 4 rings (SSSR count). The number of carbonyl (C=O) groups excluding carboxylic acids is 1. The molecule has 0 radical (unpaired) electrons. The molecule has 0 saturated carbocycles. The smallest absolute Gasteiger partial charge is 0.345 e. The lowest BCUT2D eigenvalue weighted by Gasteiger charge is -2.26. The summed E-state index contributed by atoms with van der Waals surface area (Å²) >= 11 is 0. The van der Waals surface area contributed by atoms with Crippen molar-refractivity contribution in [2.45, 2.75) is 33.2 Å². The van der Waals surface area contributed by atoms with Crippen molar-refractivity contribution >= 4 is 22.6 Å². The first-order valence-corrected chi connectivity index (χ1v) is 12.2. The van der Waals surface area contributed by atoms with Crippen LogP contribution in [0.3, 0.4) is 0 Å². The molecule has 0 bridgehead atoms. The predicted molar refractivity (Wildman–Crippen MR) is 145 cm³/mol. The van der Waals surface area contributed by atoms with E-state index >= 15 is 0 Å². The maximum Gasteiger partial charge on any atom is 0.345 e. The molecule has 0 fully saturated rings. The van der Waals surface area contributed by atoms with E-state index in [1.807, 2.05) is 62.4 Å². The molecule has 10 heteroatoms. The molecule has 0 saturated heterocycles. The third-order valence-corrected chi connectivity index (χ3v) is 5.68. The summed E-state index contributed by atoms with van der Waals surface area (Å²) in [6, 6.07) is 15.2. The number of nitrogens with zero attached hydrogens (tertiary/aromatic N) is 2. The van der Waals surface area contributed by atoms with Gasteiger partial charge in [0.15, 0.2) is 5.82 Å². The van der Waals surface area contributed by atoms with Crippen LogP contribution >= 0.6 is 0 Å². The molecule has 6 N–H and O–H groups in total. The number of fused-ring (bicyclic) bond motifs is 1. The van der Waals surface area contributed by atoms with Gasteiger partial charge in [0.2, 0.25) is 5.91 Å². The topological polar surface area (TPSA) is 151 Å². The molecule has 0 aliphatic rings. The monoisotopic (exact) mass is 503 g/mol. The van der Waals surface area contributed by atoms with E-state index in [1.54, 1.807) is 0 Å². The number of ether oxygens (including phenoxy) is 1. The van der Waals surface area contributed by atoms with Gasteiger partial charge < -0.3 is 26.1 Å².